The molecule has 13 nitrogen and oxygen atoms in total. The number of hydrogen-bond acceptors (Lipinski definition) is 11. The van der Waals surface area contributed by atoms with Crippen molar-refractivity contribution >= 4 is 24.9 Å². The number of rotatable bonds is 4. The van der Waals surface area contributed by atoms with E-state index >= 15 is 0 Å². The summed E-state index contributed by atoms with van der Waals surface area (Å²) in [7, 11) is -5.26. The molecule has 0 aliphatic carbocycles. The monoisotopic (exact) mass is 361 g/mol. The molecule has 3 rings (SSSR count). The molecule has 2 aromatic heterocycles. The van der Waals surface area contributed by atoms with Crippen LogP contribution in [0.1, 0.15) is 6.23 Å². The van der Waals surface area contributed by atoms with Crippen molar-refractivity contribution in [2.75, 3.05) is 12.3 Å². The van der Waals surface area contributed by atoms with Crippen molar-refractivity contribution in [3.8, 4) is 0 Å². The molecule has 1 saturated heterocycles. The zero-order valence-electron chi connectivity index (χ0n) is 11.8. The number of H-pyrrole nitrogens is 1. The summed E-state index contributed by atoms with van der Waals surface area (Å²) in [6, 6.07) is 0. The third-order valence-corrected chi connectivity index (χ3v) is 3.92. The Hall–Kier alpha value is -1.86. The molecule has 0 spiro atoms. The lowest BCUT2D eigenvalue weighted by Gasteiger charge is -2.30. The Kier molecular flexibility index (Phi) is 4.17. The molecule has 5 N–H and O–H groups in total. The predicted octanol–water partition coefficient (Wildman–Crippen LogP) is -3.83. The van der Waals surface area contributed by atoms with E-state index in [0.29, 0.717) is 0 Å². The van der Waals surface area contributed by atoms with E-state index in [1.165, 1.54) is 0 Å². The van der Waals surface area contributed by atoms with Crippen LogP contribution in [0.5, 0.6) is 0 Å². The van der Waals surface area contributed by atoms with Gasteiger partial charge in [-0.15, -0.1) is 0 Å². The van der Waals surface area contributed by atoms with Crippen LogP contribution in [0, 0.1) is 0 Å². The minimum Gasteiger partial charge on any atom is -0.790 e. The molecule has 24 heavy (non-hydrogen) atoms. The van der Waals surface area contributed by atoms with Crippen molar-refractivity contribution in [3.63, 3.8) is 0 Å². The molecule has 132 valence electrons. The van der Waals surface area contributed by atoms with E-state index in [0.717, 1.165) is 10.9 Å². The summed E-state index contributed by atoms with van der Waals surface area (Å²) in [5.74, 6) is -0.194. The van der Waals surface area contributed by atoms with Crippen LogP contribution in [-0.2, 0) is 13.8 Å². The first kappa shape index (κ1) is 17.0. The van der Waals surface area contributed by atoms with Crippen LogP contribution in [0.15, 0.2) is 11.1 Å². The normalized spacial score (nSPS) is 27.8. The smallest absolute Gasteiger partial charge is 0.280 e. The van der Waals surface area contributed by atoms with Crippen LogP contribution in [0.25, 0.3) is 11.2 Å². The van der Waals surface area contributed by atoms with Crippen molar-refractivity contribution < 1.29 is 33.8 Å². The van der Waals surface area contributed by atoms with Crippen molar-refractivity contribution in [1.29, 1.82) is 0 Å². The van der Waals surface area contributed by atoms with Crippen LogP contribution >= 0.6 is 7.82 Å². The van der Waals surface area contributed by atoms with Gasteiger partial charge in [0.2, 0.25) is 5.95 Å². The molecule has 4 atom stereocenters. The molecule has 0 unspecified atom stereocenters. The summed E-state index contributed by atoms with van der Waals surface area (Å²) in [6.07, 6.45) is -4.46. The Balaban J connectivity index is 1.90. The average Bonchev–Trinajstić information content (AvgIpc) is 3.00. The second-order valence-corrected chi connectivity index (χ2v) is 6.22. The topological polar surface area (TPSA) is 212 Å². The number of imidazole rings is 1. The first-order chi connectivity index (χ1) is 11.2. The number of anilines is 1. The van der Waals surface area contributed by atoms with Gasteiger partial charge >= 0.3 is 0 Å². The molecule has 0 saturated carbocycles. The molecular formula is C10H12N5O8P-2. The van der Waals surface area contributed by atoms with Gasteiger partial charge in [0.15, 0.2) is 17.4 Å². The molecular weight excluding hydrogens is 349 g/mol. The van der Waals surface area contributed by atoms with Gasteiger partial charge in [-0.2, -0.15) is 4.98 Å². The van der Waals surface area contributed by atoms with E-state index in [9.17, 15) is 29.4 Å². The summed E-state index contributed by atoms with van der Waals surface area (Å²) in [5, 5.41) is 20.0. The summed E-state index contributed by atoms with van der Waals surface area (Å²) in [6.45, 7) is -0.776. The van der Waals surface area contributed by atoms with Gasteiger partial charge in [0, 0.05) is 0 Å². The lowest BCUT2D eigenvalue weighted by atomic mass is 10.1. The lowest BCUT2D eigenvalue weighted by molar-refractivity contribution is -0.343. The molecule has 1 aliphatic rings. The standard InChI is InChI=1S/C10H14N5O8P/c11-10-13-7-4(8(18)14-10)12-2-15(7)9-6(17)5(16)3(23-9)1-22-24(19,20)21/h2-3,5-6,9,16-17H,1H2,(H2,19,20,21)(H3,11,13,14,18)/p-2/t3-,5+,6-,9-/m0/s1. The van der Waals surface area contributed by atoms with Crippen LogP contribution in [0.2, 0.25) is 0 Å². The fourth-order valence-electron chi connectivity index (χ4n) is 2.39. The fourth-order valence-corrected chi connectivity index (χ4v) is 2.72. The summed E-state index contributed by atoms with van der Waals surface area (Å²) >= 11 is 0. The van der Waals surface area contributed by atoms with E-state index in [1.54, 1.807) is 0 Å². The summed E-state index contributed by atoms with van der Waals surface area (Å²) in [5.41, 5.74) is 4.77. The lowest BCUT2D eigenvalue weighted by Crippen LogP contribution is -2.34. The zero-order valence-corrected chi connectivity index (χ0v) is 12.7. The predicted molar refractivity (Wildman–Crippen MR) is 72.0 cm³/mol. The first-order valence-corrected chi connectivity index (χ1v) is 8.04. The number of fused-ring (bicyclic) bond motifs is 1. The second kappa shape index (κ2) is 5.89. The maximum atomic E-state index is 11.7. The number of phosphoric acid groups is 1. The number of aliphatic hydroxyl groups excluding tert-OH is 2. The summed E-state index contributed by atoms with van der Waals surface area (Å²) < 4.78 is 21.0. The van der Waals surface area contributed by atoms with E-state index in [1.807, 2.05) is 0 Å². The van der Waals surface area contributed by atoms with Crippen LogP contribution in [0.4, 0.5) is 5.95 Å². The number of nitrogen functional groups attached to an aromatic ring is 1. The quantitative estimate of drug-likeness (QED) is 0.387. The Morgan fingerprint density at radius 1 is 1.46 bits per heavy atom. The van der Waals surface area contributed by atoms with Gasteiger partial charge in [0.05, 0.1) is 20.8 Å². The number of hydrogen-bond donors (Lipinski definition) is 4. The zero-order chi connectivity index (χ0) is 17.6. The number of aliphatic hydroxyl groups is 2. The molecule has 2 aromatic rings. The largest absolute Gasteiger partial charge is 0.790 e. The number of aromatic nitrogens is 4. The maximum Gasteiger partial charge on any atom is 0.280 e. The SMILES string of the molecule is Nc1nc2c(ncn2[C@H]2O[C@@H](COP(=O)([O-])[O-])[C@@H](O)[C@@H]2O)c(=O)[nH]1. The van der Waals surface area contributed by atoms with Gasteiger partial charge in [-0.3, -0.25) is 14.3 Å². The second-order valence-electron chi connectivity index (χ2n) is 5.06. The number of ether oxygens (including phenoxy) is 1. The van der Waals surface area contributed by atoms with Gasteiger partial charge in [0.25, 0.3) is 5.56 Å². The highest BCUT2D eigenvalue weighted by atomic mass is 31.2. The Labute approximate surface area is 132 Å². The van der Waals surface area contributed by atoms with E-state index in [-0.39, 0.29) is 17.1 Å². The highest BCUT2D eigenvalue weighted by molar-refractivity contribution is 7.43. The minimum atomic E-state index is -5.26. The highest BCUT2D eigenvalue weighted by Gasteiger charge is 2.44. The Bertz CT molecular complexity index is 861. The van der Waals surface area contributed by atoms with Gasteiger partial charge in [-0.05, 0) is 0 Å². The van der Waals surface area contributed by atoms with Gasteiger partial charge in [-0.25, -0.2) is 4.98 Å². The van der Waals surface area contributed by atoms with Crippen LogP contribution < -0.4 is 21.1 Å². The molecule has 0 amide bonds. The van der Waals surface area contributed by atoms with Gasteiger partial charge in [0.1, 0.15) is 18.3 Å². The maximum absolute atomic E-state index is 11.7. The number of nitrogens with two attached hydrogens (primary N) is 1. The summed E-state index contributed by atoms with van der Waals surface area (Å²) in [4.78, 5) is 42.7. The molecule has 1 aliphatic heterocycles. The van der Waals surface area contributed by atoms with Crippen LogP contribution in [-0.4, -0.2) is 54.7 Å². The first-order valence-electron chi connectivity index (χ1n) is 6.58. The van der Waals surface area contributed by atoms with E-state index in [2.05, 4.69) is 19.5 Å². The van der Waals surface area contributed by atoms with E-state index in [4.69, 9.17) is 10.5 Å². The highest BCUT2D eigenvalue weighted by Crippen LogP contribution is 2.33. The van der Waals surface area contributed by atoms with Crippen molar-refractivity contribution in [3.05, 3.63) is 16.7 Å². The minimum absolute atomic E-state index is 0.00705. The van der Waals surface area contributed by atoms with Crippen molar-refractivity contribution in [2.24, 2.45) is 0 Å². The van der Waals surface area contributed by atoms with Crippen LogP contribution in [0.3, 0.4) is 0 Å². The van der Waals surface area contributed by atoms with E-state index < -0.39 is 44.5 Å². The molecule has 0 aromatic carbocycles. The number of nitrogens with zero attached hydrogens (tertiary/aromatic N) is 3. The molecule has 0 bridgehead atoms. The molecule has 0 radical (unpaired) electrons. The Morgan fingerprint density at radius 2 is 2.17 bits per heavy atom. The average molecular weight is 361 g/mol. The van der Waals surface area contributed by atoms with Gasteiger partial charge < -0.3 is 39.6 Å². The number of nitrogens with one attached hydrogen (secondary N) is 1. The number of aromatic amines is 1. The molecule has 3 heterocycles. The van der Waals surface area contributed by atoms with Crippen molar-refractivity contribution in [1.82, 2.24) is 19.5 Å². The van der Waals surface area contributed by atoms with Gasteiger partial charge in [-0.1, -0.05) is 0 Å². The number of phosphoric ester groups is 1. The third kappa shape index (κ3) is 3.06. The molecule has 14 heteroatoms. The Morgan fingerprint density at radius 3 is 2.83 bits per heavy atom. The van der Waals surface area contributed by atoms with Crippen molar-refractivity contribution in [2.45, 2.75) is 24.5 Å². The molecule has 1 fully saturated rings. The fraction of sp³-hybridized carbons (Fsp3) is 0.500. The third-order valence-electron chi connectivity index (χ3n) is 3.46.